The molecule has 0 aliphatic carbocycles. The zero-order valence-electron chi connectivity index (χ0n) is 5.68. The van der Waals surface area contributed by atoms with E-state index in [1.54, 1.807) is 0 Å². The lowest BCUT2D eigenvalue weighted by Gasteiger charge is -2.02. The van der Waals surface area contributed by atoms with Crippen LogP contribution >= 0.6 is 11.8 Å². The zero-order valence-corrected chi connectivity index (χ0v) is 6.49. The SMILES string of the molecule is CCC1C(=O)SC=C1C. The van der Waals surface area contributed by atoms with Crippen LogP contribution in [0.25, 0.3) is 0 Å². The highest BCUT2D eigenvalue weighted by atomic mass is 32.2. The van der Waals surface area contributed by atoms with Gasteiger partial charge in [0.2, 0.25) is 0 Å². The lowest BCUT2D eigenvalue weighted by molar-refractivity contribution is -0.113. The molecule has 0 fully saturated rings. The number of carbonyl (C=O) groups is 1. The van der Waals surface area contributed by atoms with E-state index in [1.165, 1.54) is 17.3 Å². The summed E-state index contributed by atoms with van der Waals surface area (Å²) in [7, 11) is 0. The smallest absolute Gasteiger partial charge is 0.200 e. The quantitative estimate of drug-likeness (QED) is 0.558. The third-order valence-corrected chi connectivity index (χ3v) is 2.61. The van der Waals surface area contributed by atoms with Gasteiger partial charge in [-0.2, -0.15) is 0 Å². The van der Waals surface area contributed by atoms with Gasteiger partial charge in [0.05, 0.1) is 0 Å². The Kier molecular flexibility index (Phi) is 1.96. The van der Waals surface area contributed by atoms with E-state index < -0.39 is 0 Å². The Labute approximate surface area is 59.5 Å². The van der Waals surface area contributed by atoms with Crippen LogP contribution in [0, 0.1) is 5.92 Å². The minimum absolute atomic E-state index is 0.218. The molecule has 0 saturated carbocycles. The van der Waals surface area contributed by atoms with Crippen molar-refractivity contribution in [3.8, 4) is 0 Å². The van der Waals surface area contributed by atoms with Gasteiger partial charge in [-0.1, -0.05) is 24.3 Å². The molecule has 50 valence electrons. The summed E-state index contributed by atoms with van der Waals surface area (Å²) in [6.07, 6.45) is 0.953. The summed E-state index contributed by atoms with van der Waals surface area (Å²) in [5.74, 6) is 0.218. The first kappa shape index (κ1) is 6.87. The second kappa shape index (κ2) is 2.56. The first-order chi connectivity index (χ1) is 4.25. The van der Waals surface area contributed by atoms with E-state index in [2.05, 4.69) is 0 Å². The van der Waals surface area contributed by atoms with Crippen LogP contribution in [-0.2, 0) is 4.79 Å². The molecule has 0 amide bonds. The van der Waals surface area contributed by atoms with Gasteiger partial charge in [-0.15, -0.1) is 0 Å². The van der Waals surface area contributed by atoms with Gasteiger partial charge >= 0.3 is 0 Å². The molecule has 1 aliphatic rings. The van der Waals surface area contributed by atoms with Crippen molar-refractivity contribution in [1.29, 1.82) is 0 Å². The number of allylic oxidation sites excluding steroid dienone is 1. The predicted molar refractivity (Wildman–Crippen MR) is 40.1 cm³/mol. The molecule has 1 nitrogen and oxygen atoms in total. The van der Waals surface area contributed by atoms with Crippen LogP contribution in [0.2, 0.25) is 0 Å². The van der Waals surface area contributed by atoms with Gasteiger partial charge in [0.25, 0.3) is 0 Å². The second-order valence-electron chi connectivity index (χ2n) is 2.26. The fraction of sp³-hybridized carbons (Fsp3) is 0.571. The molecule has 1 aliphatic heterocycles. The van der Waals surface area contributed by atoms with Crippen LogP contribution in [0.1, 0.15) is 20.3 Å². The zero-order chi connectivity index (χ0) is 6.85. The highest BCUT2D eigenvalue weighted by molar-refractivity contribution is 8.16. The molecule has 0 radical (unpaired) electrons. The maximum Gasteiger partial charge on any atom is 0.200 e. The third kappa shape index (κ3) is 1.18. The number of rotatable bonds is 1. The summed E-state index contributed by atoms with van der Waals surface area (Å²) in [4.78, 5) is 10.9. The Balaban J connectivity index is 2.67. The van der Waals surface area contributed by atoms with Crippen LogP contribution in [0.5, 0.6) is 0 Å². The summed E-state index contributed by atoms with van der Waals surface area (Å²) in [5, 5.41) is 2.27. The van der Waals surface area contributed by atoms with Crippen molar-refractivity contribution in [3.05, 3.63) is 11.0 Å². The molecule has 0 bridgehead atoms. The number of thioether (sulfide) groups is 1. The van der Waals surface area contributed by atoms with Crippen LogP contribution < -0.4 is 0 Å². The van der Waals surface area contributed by atoms with E-state index in [4.69, 9.17) is 0 Å². The fourth-order valence-corrected chi connectivity index (χ4v) is 1.97. The number of carbonyl (C=O) groups excluding carboxylic acids is 1. The summed E-state index contributed by atoms with van der Waals surface area (Å²) in [6, 6.07) is 0. The van der Waals surface area contributed by atoms with Crippen molar-refractivity contribution in [2.24, 2.45) is 5.92 Å². The standard InChI is InChI=1S/C7H10OS/c1-3-6-5(2)4-9-7(6)8/h4,6H,3H2,1-2H3. The van der Waals surface area contributed by atoms with E-state index >= 15 is 0 Å². The van der Waals surface area contributed by atoms with Gasteiger partial charge in [-0.05, 0) is 18.8 Å². The Morgan fingerprint density at radius 2 is 2.44 bits per heavy atom. The molecule has 0 aromatic carbocycles. The molecule has 1 rings (SSSR count). The molecular formula is C7H10OS. The summed E-state index contributed by atoms with van der Waals surface area (Å²) in [5.41, 5.74) is 1.23. The molecule has 1 atom stereocenters. The monoisotopic (exact) mass is 142 g/mol. The lowest BCUT2D eigenvalue weighted by Crippen LogP contribution is -2.04. The Morgan fingerprint density at radius 3 is 2.67 bits per heavy atom. The van der Waals surface area contributed by atoms with E-state index in [9.17, 15) is 4.79 Å². The summed E-state index contributed by atoms with van der Waals surface area (Å²) < 4.78 is 0. The largest absolute Gasteiger partial charge is 0.286 e. The van der Waals surface area contributed by atoms with E-state index in [1.807, 2.05) is 19.3 Å². The highest BCUT2D eigenvalue weighted by Crippen LogP contribution is 2.31. The van der Waals surface area contributed by atoms with Crippen molar-refractivity contribution < 1.29 is 4.79 Å². The summed E-state index contributed by atoms with van der Waals surface area (Å²) >= 11 is 1.34. The molecule has 1 heterocycles. The molecule has 0 saturated heterocycles. The van der Waals surface area contributed by atoms with Crippen molar-refractivity contribution in [1.82, 2.24) is 0 Å². The van der Waals surface area contributed by atoms with Gasteiger partial charge in [0.1, 0.15) is 0 Å². The summed E-state index contributed by atoms with van der Waals surface area (Å²) in [6.45, 7) is 4.07. The van der Waals surface area contributed by atoms with Gasteiger partial charge in [-0.25, -0.2) is 0 Å². The minimum Gasteiger partial charge on any atom is -0.286 e. The third-order valence-electron chi connectivity index (χ3n) is 1.60. The van der Waals surface area contributed by atoms with Crippen molar-refractivity contribution in [2.45, 2.75) is 20.3 Å². The fourth-order valence-electron chi connectivity index (χ4n) is 0.990. The van der Waals surface area contributed by atoms with E-state index in [-0.39, 0.29) is 5.92 Å². The molecule has 0 spiro atoms. The van der Waals surface area contributed by atoms with Gasteiger partial charge < -0.3 is 0 Å². The molecule has 1 unspecified atom stereocenters. The Morgan fingerprint density at radius 1 is 1.78 bits per heavy atom. The van der Waals surface area contributed by atoms with E-state index in [0.717, 1.165) is 6.42 Å². The topological polar surface area (TPSA) is 17.1 Å². The normalized spacial score (nSPS) is 26.7. The first-order valence-electron chi connectivity index (χ1n) is 3.13. The molecule has 9 heavy (non-hydrogen) atoms. The maximum absolute atomic E-state index is 10.9. The van der Waals surface area contributed by atoms with Crippen LogP contribution in [-0.4, -0.2) is 5.12 Å². The first-order valence-corrected chi connectivity index (χ1v) is 4.00. The Hall–Kier alpha value is -0.240. The van der Waals surface area contributed by atoms with Crippen LogP contribution in [0.3, 0.4) is 0 Å². The number of hydrogen-bond acceptors (Lipinski definition) is 2. The van der Waals surface area contributed by atoms with Crippen molar-refractivity contribution >= 4 is 16.9 Å². The molecule has 0 aromatic rings. The molecule has 0 N–H and O–H groups in total. The second-order valence-corrected chi connectivity index (χ2v) is 3.13. The molecular weight excluding hydrogens is 132 g/mol. The molecule has 2 heteroatoms. The average molecular weight is 142 g/mol. The Bertz CT molecular complexity index is 160. The predicted octanol–water partition coefficient (Wildman–Crippen LogP) is 2.19. The highest BCUT2D eigenvalue weighted by Gasteiger charge is 2.22. The number of hydrogen-bond donors (Lipinski definition) is 0. The lowest BCUT2D eigenvalue weighted by atomic mass is 10.0. The van der Waals surface area contributed by atoms with Gasteiger partial charge in [0.15, 0.2) is 5.12 Å². The van der Waals surface area contributed by atoms with E-state index in [0.29, 0.717) is 5.12 Å². The van der Waals surface area contributed by atoms with Crippen molar-refractivity contribution in [2.75, 3.05) is 0 Å². The maximum atomic E-state index is 10.9. The minimum atomic E-state index is 0.218. The van der Waals surface area contributed by atoms with Gasteiger partial charge in [0, 0.05) is 5.92 Å². The van der Waals surface area contributed by atoms with Crippen LogP contribution in [0.15, 0.2) is 11.0 Å². The van der Waals surface area contributed by atoms with Crippen molar-refractivity contribution in [3.63, 3.8) is 0 Å². The van der Waals surface area contributed by atoms with Gasteiger partial charge in [-0.3, -0.25) is 4.79 Å². The van der Waals surface area contributed by atoms with Crippen LogP contribution in [0.4, 0.5) is 0 Å². The average Bonchev–Trinajstić information content (AvgIpc) is 2.12. The molecule has 0 aromatic heterocycles.